The standard InChI is InChI=1S/C10H15N5/c1-7(11)8(6-12-2)9-4-5-10(13-3)15-14-9/h4-6H,11H2,1-3H3,(H,13,15). The number of aromatic nitrogens is 2. The largest absolute Gasteiger partial charge is 0.402 e. The van der Waals surface area contributed by atoms with Gasteiger partial charge in [-0.15, -0.1) is 10.2 Å². The summed E-state index contributed by atoms with van der Waals surface area (Å²) >= 11 is 0. The maximum Gasteiger partial charge on any atom is 0.148 e. The number of hydrogen-bond donors (Lipinski definition) is 2. The molecule has 0 fully saturated rings. The number of nitrogens with one attached hydrogen (secondary N) is 1. The number of allylic oxidation sites excluding steroid dienone is 2. The van der Waals surface area contributed by atoms with Gasteiger partial charge in [-0.1, -0.05) is 0 Å². The summed E-state index contributed by atoms with van der Waals surface area (Å²) in [5.74, 6) is 0.723. The predicted molar refractivity (Wildman–Crippen MR) is 62.8 cm³/mol. The van der Waals surface area contributed by atoms with E-state index in [1.54, 1.807) is 20.3 Å². The molecule has 0 aliphatic carbocycles. The fraction of sp³-hybridized carbons (Fsp3) is 0.300. The summed E-state index contributed by atoms with van der Waals surface area (Å²) in [6.07, 6.45) is 1.68. The fourth-order valence-corrected chi connectivity index (χ4v) is 1.11. The molecule has 0 bridgehead atoms. The number of hydrogen-bond acceptors (Lipinski definition) is 5. The van der Waals surface area contributed by atoms with Crippen molar-refractivity contribution >= 4 is 17.6 Å². The summed E-state index contributed by atoms with van der Waals surface area (Å²) in [6, 6.07) is 3.70. The second-order valence-electron chi connectivity index (χ2n) is 3.04. The van der Waals surface area contributed by atoms with Crippen LogP contribution in [0.2, 0.25) is 0 Å². The van der Waals surface area contributed by atoms with Gasteiger partial charge in [0.2, 0.25) is 0 Å². The smallest absolute Gasteiger partial charge is 0.148 e. The van der Waals surface area contributed by atoms with Crippen LogP contribution in [0.5, 0.6) is 0 Å². The van der Waals surface area contributed by atoms with Crippen LogP contribution in [-0.2, 0) is 0 Å². The van der Waals surface area contributed by atoms with E-state index in [0.717, 1.165) is 17.1 Å². The molecule has 0 saturated heterocycles. The molecule has 0 aliphatic rings. The number of anilines is 1. The second kappa shape index (κ2) is 5.09. The highest BCUT2D eigenvalue weighted by atomic mass is 15.2. The highest BCUT2D eigenvalue weighted by molar-refractivity contribution is 6.09. The second-order valence-corrected chi connectivity index (χ2v) is 3.04. The summed E-state index contributed by atoms with van der Waals surface area (Å²) in [5, 5.41) is 10.9. The minimum absolute atomic E-state index is 0.673. The van der Waals surface area contributed by atoms with Gasteiger partial charge in [0.15, 0.2) is 0 Å². The van der Waals surface area contributed by atoms with Crippen LogP contribution in [-0.4, -0.2) is 30.5 Å². The van der Waals surface area contributed by atoms with Gasteiger partial charge in [0.05, 0.1) is 5.69 Å². The van der Waals surface area contributed by atoms with E-state index in [2.05, 4.69) is 20.5 Å². The molecule has 0 saturated carbocycles. The van der Waals surface area contributed by atoms with E-state index in [1.165, 1.54) is 0 Å². The average Bonchev–Trinajstić information content (AvgIpc) is 2.26. The van der Waals surface area contributed by atoms with Crippen LogP contribution in [0.15, 0.2) is 22.8 Å². The van der Waals surface area contributed by atoms with Gasteiger partial charge in [-0.3, -0.25) is 4.99 Å². The summed E-state index contributed by atoms with van der Waals surface area (Å²) in [5.41, 5.74) is 7.92. The monoisotopic (exact) mass is 205 g/mol. The maximum atomic E-state index is 5.73. The van der Waals surface area contributed by atoms with Gasteiger partial charge in [0.1, 0.15) is 5.82 Å². The van der Waals surface area contributed by atoms with Crippen molar-refractivity contribution < 1.29 is 0 Å². The lowest BCUT2D eigenvalue weighted by atomic mass is 10.1. The fourth-order valence-electron chi connectivity index (χ4n) is 1.11. The van der Waals surface area contributed by atoms with Crippen molar-refractivity contribution in [2.24, 2.45) is 10.7 Å². The van der Waals surface area contributed by atoms with Crippen LogP contribution < -0.4 is 11.1 Å². The minimum atomic E-state index is 0.673. The van der Waals surface area contributed by atoms with Crippen molar-refractivity contribution in [2.75, 3.05) is 19.4 Å². The Labute approximate surface area is 89.1 Å². The first kappa shape index (κ1) is 11.2. The Morgan fingerprint density at radius 3 is 2.60 bits per heavy atom. The number of rotatable bonds is 3. The quantitative estimate of drug-likeness (QED) is 0.719. The van der Waals surface area contributed by atoms with Crippen molar-refractivity contribution in [3.8, 4) is 0 Å². The van der Waals surface area contributed by atoms with Crippen molar-refractivity contribution in [3.63, 3.8) is 0 Å². The third-order valence-corrected chi connectivity index (χ3v) is 1.88. The molecule has 1 aromatic rings. The van der Waals surface area contributed by atoms with E-state index in [0.29, 0.717) is 5.70 Å². The van der Waals surface area contributed by atoms with E-state index in [1.807, 2.05) is 19.1 Å². The zero-order valence-corrected chi connectivity index (χ0v) is 9.15. The normalized spacial score (nSPS) is 12.7. The average molecular weight is 205 g/mol. The van der Waals surface area contributed by atoms with Gasteiger partial charge in [-0.25, -0.2) is 0 Å². The predicted octanol–water partition coefficient (Wildman–Crippen LogP) is 0.909. The maximum absolute atomic E-state index is 5.73. The van der Waals surface area contributed by atoms with Gasteiger partial charge in [-0.2, -0.15) is 0 Å². The lowest BCUT2D eigenvalue weighted by Crippen LogP contribution is -2.03. The van der Waals surface area contributed by atoms with Crippen molar-refractivity contribution in [3.05, 3.63) is 23.5 Å². The molecule has 0 amide bonds. The van der Waals surface area contributed by atoms with Crippen LogP contribution >= 0.6 is 0 Å². The van der Waals surface area contributed by atoms with Crippen LogP contribution in [0.3, 0.4) is 0 Å². The van der Waals surface area contributed by atoms with Crippen molar-refractivity contribution in [2.45, 2.75) is 6.92 Å². The van der Waals surface area contributed by atoms with E-state index in [-0.39, 0.29) is 0 Å². The van der Waals surface area contributed by atoms with Crippen molar-refractivity contribution in [1.82, 2.24) is 10.2 Å². The molecule has 0 aliphatic heterocycles. The van der Waals surface area contributed by atoms with E-state index in [9.17, 15) is 0 Å². The molecule has 0 spiro atoms. The van der Waals surface area contributed by atoms with Crippen molar-refractivity contribution in [1.29, 1.82) is 0 Å². The van der Waals surface area contributed by atoms with E-state index < -0.39 is 0 Å². The number of nitrogens with two attached hydrogens (primary N) is 1. The third-order valence-electron chi connectivity index (χ3n) is 1.88. The molecule has 1 aromatic heterocycles. The summed E-state index contributed by atoms with van der Waals surface area (Å²) in [6.45, 7) is 1.81. The molecule has 0 radical (unpaired) electrons. The molecule has 5 heteroatoms. The Hall–Kier alpha value is -1.91. The zero-order valence-electron chi connectivity index (χ0n) is 9.15. The van der Waals surface area contributed by atoms with Gasteiger partial charge < -0.3 is 11.1 Å². The molecular formula is C10H15N5. The van der Waals surface area contributed by atoms with E-state index >= 15 is 0 Å². The summed E-state index contributed by atoms with van der Waals surface area (Å²) < 4.78 is 0. The number of aliphatic imine (C=N–C) groups is 1. The summed E-state index contributed by atoms with van der Waals surface area (Å²) in [7, 11) is 3.49. The zero-order chi connectivity index (χ0) is 11.3. The summed E-state index contributed by atoms with van der Waals surface area (Å²) in [4.78, 5) is 3.93. The topological polar surface area (TPSA) is 76.2 Å². The molecule has 80 valence electrons. The Morgan fingerprint density at radius 2 is 2.20 bits per heavy atom. The SMILES string of the molecule is CN=CC(=C(C)N)c1ccc(NC)nn1. The lowest BCUT2D eigenvalue weighted by molar-refractivity contribution is 1.01. The number of nitrogens with zero attached hydrogens (tertiary/aromatic N) is 3. The third kappa shape index (κ3) is 2.77. The Morgan fingerprint density at radius 1 is 1.47 bits per heavy atom. The Balaban J connectivity index is 3.09. The molecular weight excluding hydrogens is 190 g/mol. The van der Waals surface area contributed by atoms with E-state index in [4.69, 9.17) is 5.73 Å². The molecule has 0 aromatic carbocycles. The molecule has 1 heterocycles. The highest BCUT2D eigenvalue weighted by Crippen LogP contribution is 2.12. The highest BCUT2D eigenvalue weighted by Gasteiger charge is 2.03. The Kier molecular flexibility index (Phi) is 3.79. The minimum Gasteiger partial charge on any atom is -0.402 e. The van der Waals surface area contributed by atoms with Gasteiger partial charge in [-0.05, 0) is 19.1 Å². The molecule has 3 N–H and O–H groups in total. The molecule has 0 unspecified atom stereocenters. The molecule has 5 nitrogen and oxygen atoms in total. The first-order valence-electron chi connectivity index (χ1n) is 4.59. The first-order valence-corrected chi connectivity index (χ1v) is 4.59. The van der Waals surface area contributed by atoms with Gasteiger partial charge in [0, 0.05) is 31.6 Å². The van der Waals surface area contributed by atoms with Gasteiger partial charge >= 0.3 is 0 Å². The van der Waals surface area contributed by atoms with Gasteiger partial charge in [0.25, 0.3) is 0 Å². The van der Waals surface area contributed by atoms with Crippen LogP contribution in [0, 0.1) is 0 Å². The molecule has 15 heavy (non-hydrogen) atoms. The molecule has 1 rings (SSSR count). The van der Waals surface area contributed by atoms with Crippen LogP contribution in [0.1, 0.15) is 12.6 Å². The first-order chi connectivity index (χ1) is 7.19. The van der Waals surface area contributed by atoms with Crippen LogP contribution in [0.25, 0.3) is 5.57 Å². The Bertz CT molecular complexity index is 373. The lowest BCUT2D eigenvalue weighted by Gasteiger charge is -2.03. The van der Waals surface area contributed by atoms with Crippen LogP contribution in [0.4, 0.5) is 5.82 Å². The molecule has 0 atom stereocenters.